The second-order valence-electron chi connectivity index (χ2n) is 5.56. The topological polar surface area (TPSA) is 66.0 Å². The van der Waals surface area contributed by atoms with Gasteiger partial charge in [0, 0.05) is 5.56 Å². The smallest absolute Gasteiger partial charge is 0.387 e. The van der Waals surface area contributed by atoms with Crippen LogP contribution in [0.25, 0.3) is 0 Å². The SMILES string of the molecule is COc1cc(C(=O)NC(C)c2ccc(OC(F)F)cc2)cc(OC)c1OC. The second-order valence-corrected chi connectivity index (χ2v) is 5.56. The van der Waals surface area contributed by atoms with Crippen molar-refractivity contribution in [2.24, 2.45) is 0 Å². The van der Waals surface area contributed by atoms with Gasteiger partial charge in [-0.25, -0.2) is 0 Å². The van der Waals surface area contributed by atoms with E-state index in [4.69, 9.17) is 14.2 Å². The normalized spacial score (nSPS) is 11.7. The molecule has 1 unspecified atom stereocenters. The highest BCUT2D eigenvalue weighted by molar-refractivity contribution is 5.95. The lowest BCUT2D eigenvalue weighted by atomic mass is 10.1. The summed E-state index contributed by atoms with van der Waals surface area (Å²) in [7, 11) is 4.40. The molecule has 0 aliphatic carbocycles. The van der Waals surface area contributed by atoms with Crippen molar-refractivity contribution in [3.8, 4) is 23.0 Å². The van der Waals surface area contributed by atoms with Crippen LogP contribution in [0.5, 0.6) is 23.0 Å². The summed E-state index contributed by atoms with van der Waals surface area (Å²) in [4.78, 5) is 12.6. The van der Waals surface area contributed by atoms with E-state index in [-0.39, 0.29) is 17.7 Å². The Morgan fingerprint density at radius 1 is 0.963 bits per heavy atom. The molecule has 8 heteroatoms. The van der Waals surface area contributed by atoms with E-state index in [0.717, 1.165) is 5.56 Å². The monoisotopic (exact) mass is 381 g/mol. The van der Waals surface area contributed by atoms with Crippen LogP contribution in [-0.4, -0.2) is 33.8 Å². The molecule has 146 valence electrons. The lowest BCUT2D eigenvalue weighted by Gasteiger charge is -2.17. The number of rotatable bonds is 8. The van der Waals surface area contributed by atoms with E-state index in [1.54, 1.807) is 31.2 Å². The molecule has 2 aromatic rings. The Morgan fingerprint density at radius 3 is 1.96 bits per heavy atom. The maximum atomic E-state index is 12.6. The zero-order valence-corrected chi connectivity index (χ0v) is 15.4. The first-order valence-corrected chi connectivity index (χ1v) is 8.05. The molecule has 0 aliphatic heterocycles. The second kappa shape index (κ2) is 9.07. The van der Waals surface area contributed by atoms with Gasteiger partial charge >= 0.3 is 6.61 Å². The number of alkyl halides is 2. The molecule has 1 N–H and O–H groups in total. The van der Waals surface area contributed by atoms with E-state index in [1.165, 1.54) is 33.5 Å². The average molecular weight is 381 g/mol. The zero-order valence-electron chi connectivity index (χ0n) is 15.4. The quantitative estimate of drug-likeness (QED) is 0.753. The number of nitrogens with one attached hydrogen (secondary N) is 1. The minimum atomic E-state index is -2.88. The number of hydrogen-bond acceptors (Lipinski definition) is 5. The first-order valence-electron chi connectivity index (χ1n) is 8.05. The van der Waals surface area contributed by atoms with E-state index in [1.807, 2.05) is 0 Å². The van der Waals surface area contributed by atoms with Crippen LogP contribution in [-0.2, 0) is 0 Å². The number of methoxy groups -OCH3 is 3. The van der Waals surface area contributed by atoms with Crippen LogP contribution in [0.15, 0.2) is 36.4 Å². The van der Waals surface area contributed by atoms with Crippen LogP contribution in [0.2, 0.25) is 0 Å². The summed E-state index contributed by atoms with van der Waals surface area (Å²) in [5.74, 6) is 0.817. The van der Waals surface area contributed by atoms with Gasteiger partial charge in [0.2, 0.25) is 5.75 Å². The van der Waals surface area contributed by atoms with Crippen LogP contribution in [0.4, 0.5) is 8.78 Å². The zero-order chi connectivity index (χ0) is 20.0. The van der Waals surface area contributed by atoms with Crippen LogP contribution < -0.4 is 24.3 Å². The summed E-state index contributed by atoms with van der Waals surface area (Å²) in [6, 6.07) is 8.78. The van der Waals surface area contributed by atoms with Crippen LogP contribution >= 0.6 is 0 Å². The molecular weight excluding hydrogens is 360 g/mol. The van der Waals surface area contributed by atoms with Crippen LogP contribution in [0.3, 0.4) is 0 Å². The summed E-state index contributed by atoms with van der Waals surface area (Å²) >= 11 is 0. The fourth-order valence-electron chi connectivity index (χ4n) is 2.51. The Bertz CT molecular complexity index is 755. The van der Waals surface area contributed by atoms with Gasteiger partial charge in [0.05, 0.1) is 27.4 Å². The highest BCUT2D eigenvalue weighted by Crippen LogP contribution is 2.38. The highest BCUT2D eigenvalue weighted by Gasteiger charge is 2.18. The number of benzene rings is 2. The fourth-order valence-corrected chi connectivity index (χ4v) is 2.51. The van der Waals surface area contributed by atoms with E-state index >= 15 is 0 Å². The van der Waals surface area contributed by atoms with Gasteiger partial charge < -0.3 is 24.3 Å². The van der Waals surface area contributed by atoms with Gasteiger partial charge in [0.15, 0.2) is 11.5 Å². The molecule has 1 amide bonds. The number of ether oxygens (including phenoxy) is 4. The molecule has 0 saturated carbocycles. The molecular formula is C19H21F2NO5. The third-order valence-electron chi connectivity index (χ3n) is 3.88. The van der Waals surface area contributed by atoms with Gasteiger partial charge in [-0.3, -0.25) is 4.79 Å². The average Bonchev–Trinajstić information content (AvgIpc) is 2.66. The van der Waals surface area contributed by atoms with Crippen LogP contribution in [0, 0.1) is 0 Å². The summed E-state index contributed by atoms with van der Waals surface area (Å²) in [5, 5.41) is 2.83. The Balaban J connectivity index is 2.16. The Labute approximate surface area is 156 Å². The fraction of sp³-hybridized carbons (Fsp3) is 0.316. The summed E-state index contributed by atoms with van der Waals surface area (Å²) < 4.78 is 44.5. The van der Waals surface area contributed by atoms with Gasteiger partial charge in [-0.05, 0) is 36.8 Å². The molecule has 0 heterocycles. The van der Waals surface area contributed by atoms with Crippen molar-refractivity contribution < 1.29 is 32.5 Å². The summed E-state index contributed by atoms with van der Waals surface area (Å²) in [6.07, 6.45) is 0. The molecule has 27 heavy (non-hydrogen) atoms. The van der Waals surface area contributed by atoms with E-state index in [0.29, 0.717) is 22.8 Å². The van der Waals surface area contributed by atoms with E-state index in [9.17, 15) is 13.6 Å². The van der Waals surface area contributed by atoms with Crippen molar-refractivity contribution in [3.05, 3.63) is 47.5 Å². The minimum Gasteiger partial charge on any atom is -0.493 e. The predicted molar refractivity (Wildman–Crippen MR) is 95.1 cm³/mol. The van der Waals surface area contributed by atoms with E-state index < -0.39 is 6.61 Å². The van der Waals surface area contributed by atoms with Crippen molar-refractivity contribution in [2.75, 3.05) is 21.3 Å². The van der Waals surface area contributed by atoms with Crippen molar-refractivity contribution in [2.45, 2.75) is 19.6 Å². The van der Waals surface area contributed by atoms with Gasteiger partial charge in [0.1, 0.15) is 5.75 Å². The molecule has 2 aromatic carbocycles. The Kier molecular flexibility index (Phi) is 6.81. The maximum absolute atomic E-state index is 12.6. The number of halogens is 2. The number of hydrogen-bond donors (Lipinski definition) is 1. The molecule has 0 aromatic heterocycles. The molecule has 0 saturated heterocycles. The molecule has 0 aliphatic rings. The Morgan fingerprint density at radius 2 is 1.52 bits per heavy atom. The molecule has 0 fully saturated rings. The minimum absolute atomic E-state index is 0.0527. The first kappa shape index (κ1) is 20.3. The maximum Gasteiger partial charge on any atom is 0.387 e. The molecule has 0 bridgehead atoms. The van der Waals surface area contributed by atoms with Gasteiger partial charge in [-0.2, -0.15) is 8.78 Å². The van der Waals surface area contributed by atoms with Crippen LogP contribution in [0.1, 0.15) is 28.9 Å². The van der Waals surface area contributed by atoms with Crippen molar-refractivity contribution in [3.63, 3.8) is 0 Å². The number of amides is 1. The third-order valence-corrected chi connectivity index (χ3v) is 3.88. The number of carbonyl (C=O) groups excluding carboxylic acids is 1. The summed E-state index contributed by atoms with van der Waals surface area (Å²) in [6.45, 7) is -1.10. The molecule has 0 spiro atoms. The van der Waals surface area contributed by atoms with Gasteiger partial charge in [-0.1, -0.05) is 12.1 Å². The van der Waals surface area contributed by atoms with Crippen molar-refractivity contribution >= 4 is 5.91 Å². The lowest BCUT2D eigenvalue weighted by molar-refractivity contribution is -0.0498. The van der Waals surface area contributed by atoms with Crippen molar-refractivity contribution in [1.82, 2.24) is 5.32 Å². The molecule has 6 nitrogen and oxygen atoms in total. The molecule has 1 atom stereocenters. The highest BCUT2D eigenvalue weighted by atomic mass is 19.3. The third kappa shape index (κ3) is 4.99. The van der Waals surface area contributed by atoms with Gasteiger partial charge in [0.25, 0.3) is 5.91 Å². The van der Waals surface area contributed by atoms with E-state index in [2.05, 4.69) is 10.1 Å². The summed E-state index contributed by atoms with van der Waals surface area (Å²) in [5.41, 5.74) is 1.06. The Hall–Kier alpha value is -3.03. The predicted octanol–water partition coefficient (Wildman–Crippen LogP) is 3.80. The standard InChI is InChI=1S/C19H21F2NO5/c1-11(12-5-7-14(8-6-12)27-19(20)21)22-18(23)13-9-15(24-2)17(26-4)16(10-13)25-3/h5-11,19H,1-4H3,(H,22,23). The molecule has 2 rings (SSSR count). The lowest BCUT2D eigenvalue weighted by Crippen LogP contribution is -2.26. The first-order chi connectivity index (χ1) is 12.9. The largest absolute Gasteiger partial charge is 0.493 e. The van der Waals surface area contributed by atoms with Gasteiger partial charge in [-0.15, -0.1) is 0 Å². The number of carbonyl (C=O) groups is 1. The van der Waals surface area contributed by atoms with Crippen molar-refractivity contribution in [1.29, 1.82) is 0 Å². The molecule has 0 radical (unpaired) electrons.